The Morgan fingerprint density at radius 1 is 1.04 bits per heavy atom. The van der Waals surface area contributed by atoms with E-state index in [1.807, 2.05) is 24.3 Å². The van der Waals surface area contributed by atoms with Crippen molar-refractivity contribution in [2.75, 3.05) is 56.1 Å². The maximum Gasteiger partial charge on any atom is 0.323 e. The van der Waals surface area contributed by atoms with Crippen LogP contribution in [0.5, 0.6) is 11.5 Å². The quantitative estimate of drug-likeness (QED) is 0.810. The number of halogens is 1. The number of amides is 2. The van der Waals surface area contributed by atoms with Crippen molar-refractivity contribution < 1.29 is 19.0 Å². The van der Waals surface area contributed by atoms with E-state index in [1.165, 1.54) is 14.2 Å². The molecule has 3 rings (SSSR count). The van der Waals surface area contributed by atoms with Gasteiger partial charge < -0.3 is 29.7 Å². The Morgan fingerprint density at radius 3 is 2.41 bits per heavy atom. The molecule has 1 aliphatic heterocycles. The lowest BCUT2D eigenvalue weighted by atomic mass is 10.2. The number of benzene rings is 2. The molecule has 8 heteroatoms. The second kappa shape index (κ2) is 8.83. The lowest BCUT2D eigenvalue weighted by Crippen LogP contribution is -2.37. The minimum Gasteiger partial charge on any atom is -0.495 e. The van der Waals surface area contributed by atoms with Crippen molar-refractivity contribution in [2.45, 2.75) is 0 Å². The highest BCUT2D eigenvalue weighted by Gasteiger charge is 2.17. The van der Waals surface area contributed by atoms with E-state index in [1.54, 1.807) is 12.1 Å². The van der Waals surface area contributed by atoms with E-state index in [9.17, 15) is 4.79 Å². The number of ether oxygens (including phenoxy) is 3. The van der Waals surface area contributed by atoms with Crippen LogP contribution < -0.4 is 25.0 Å². The van der Waals surface area contributed by atoms with Crippen LogP contribution in [0.1, 0.15) is 0 Å². The molecule has 144 valence electrons. The average Bonchev–Trinajstić information content (AvgIpc) is 2.70. The lowest BCUT2D eigenvalue weighted by Gasteiger charge is -2.30. The number of nitrogens with one attached hydrogen (secondary N) is 2. The fraction of sp³-hybridized carbons (Fsp3) is 0.316. The van der Waals surface area contributed by atoms with Crippen molar-refractivity contribution in [3.8, 4) is 11.5 Å². The van der Waals surface area contributed by atoms with Crippen molar-refractivity contribution in [3.05, 3.63) is 41.4 Å². The van der Waals surface area contributed by atoms with Crippen LogP contribution in [0.4, 0.5) is 21.9 Å². The minimum atomic E-state index is -0.390. The lowest BCUT2D eigenvalue weighted by molar-refractivity contribution is 0.123. The molecule has 0 aliphatic carbocycles. The third kappa shape index (κ3) is 4.56. The van der Waals surface area contributed by atoms with Gasteiger partial charge >= 0.3 is 6.03 Å². The first kappa shape index (κ1) is 19.1. The van der Waals surface area contributed by atoms with E-state index in [0.29, 0.717) is 35.4 Å². The zero-order valence-corrected chi connectivity index (χ0v) is 16.0. The molecule has 2 aromatic carbocycles. The Hall–Kier alpha value is -2.64. The van der Waals surface area contributed by atoms with Crippen molar-refractivity contribution >= 4 is 34.7 Å². The summed E-state index contributed by atoms with van der Waals surface area (Å²) in [5.41, 5.74) is 2.13. The predicted molar refractivity (Wildman–Crippen MR) is 107 cm³/mol. The molecular formula is C19H22ClN3O4. The van der Waals surface area contributed by atoms with Gasteiger partial charge in [-0.05, 0) is 12.1 Å². The Kier molecular flexibility index (Phi) is 6.26. The van der Waals surface area contributed by atoms with Crippen LogP contribution in [-0.2, 0) is 4.74 Å². The highest BCUT2D eigenvalue weighted by molar-refractivity contribution is 6.32. The summed E-state index contributed by atoms with van der Waals surface area (Å²) >= 11 is 6.10. The van der Waals surface area contributed by atoms with E-state index in [0.717, 1.165) is 24.5 Å². The zero-order valence-electron chi connectivity index (χ0n) is 15.3. The van der Waals surface area contributed by atoms with Crippen molar-refractivity contribution in [1.29, 1.82) is 0 Å². The SMILES string of the molecule is COc1cc(NC(=O)Nc2ccccc2N2CCOCC2)c(OC)cc1Cl. The summed E-state index contributed by atoms with van der Waals surface area (Å²) in [7, 11) is 3.02. The predicted octanol–water partition coefficient (Wildman–Crippen LogP) is 3.84. The molecule has 2 amide bonds. The highest BCUT2D eigenvalue weighted by atomic mass is 35.5. The van der Waals surface area contributed by atoms with Gasteiger partial charge in [-0.1, -0.05) is 23.7 Å². The summed E-state index contributed by atoms with van der Waals surface area (Å²) in [6.45, 7) is 2.90. The molecule has 0 radical (unpaired) electrons. The largest absolute Gasteiger partial charge is 0.495 e. The van der Waals surface area contributed by atoms with Gasteiger partial charge in [0.2, 0.25) is 0 Å². The van der Waals surface area contributed by atoms with Crippen molar-refractivity contribution in [2.24, 2.45) is 0 Å². The number of morpholine rings is 1. The van der Waals surface area contributed by atoms with Crippen molar-refractivity contribution in [3.63, 3.8) is 0 Å². The summed E-state index contributed by atoms with van der Waals surface area (Å²) in [5, 5.41) is 6.08. The number of hydrogen-bond acceptors (Lipinski definition) is 5. The summed E-state index contributed by atoms with van der Waals surface area (Å²) in [6, 6.07) is 10.5. The van der Waals surface area contributed by atoms with Gasteiger partial charge in [0.15, 0.2) is 0 Å². The molecule has 2 aromatic rings. The molecule has 1 heterocycles. The number of anilines is 3. The topological polar surface area (TPSA) is 72.1 Å². The summed E-state index contributed by atoms with van der Waals surface area (Å²) in [6.07, 6.45) is 0. The third-order valence-electron chi connectivity index (χ3n) is 4.23. The highest BCUT2D eigenvalue weighted by Crippen LogP contribution is 2.36. The zero-order chi connectivity index (χ0) is 19.2. The molecule has 0 saturated carbocycles. The molecule has 0 bridgehead atoms. The van der Waals surface area contributed by atoms with Crippen LogP contribution in [0, 0.1) is 0 Å². The van der Waals surface area contributed by atoms with E-state index in [2.05, 4.69) is 15.5 Å². The Morgan fingerprint density at radius 2 is 1.70 bits per heavy atom. The average molecular weight is 392 g/mol. The fourth-order valence-corrected chi connectivity index (χ4v) is 3.12. The number of para-hydroxylation sites is 2. The van der Waals surface area contributed by atoms with Gasteiger partial charge in [0.05, 0.1) is 49.5 Å². The molecule has 0 spiro atoms. The van der Waals surface area contributed by atoms with Crippen LogP contribution in [0.2, 0.25) is 5.02 Å². The van der Waals surface area contributed by atoms with Gasteiger partial charge in [0.25, 0.3) is 0 Å². The van der Waals surface area contributed by atoms with Gasteiger partial charge in [0.1, 0.15) is 11.5 Å². The molecule has 1 aliphatic rings. The van der Waals surface area contributed by atoms with E-state index in [-0.39, 0.29) is 0 Å². The van der Waals surface area contributed by atoms with Gasteiger partial charge in [0, 0.05) is 25.2 Å². The number of hydrogen-bond donors (Lipinski definition) is 2. The molecule has 0 aromatic heterocycles. The normalized spacial score (nSPS) is 13.8. The van der Waals surface area contributed by atoms with Crippen LogP contribution in [0.15, 0.2) is 36.4 Å². The summed E-state index contributed by atoms with van der Waals surface area (Å²) in [5.74, 6) is 0.888. The molecule has 0 atom stereocenters. The van der Waals surface area contributed by atoms with Crippen LogP contribution in [0.3, 0.4) is 0 Å². The minimum absolute atomic E-state index is 0.390. The summed E-state index contributed by atoms with van der Waals surface area (Å²) in [4.78, 5) is 14.8. The smallest absolute Gasteiger partial charge is 0.323 e. The number of nitrogens with zero attached hydrogens (tertiary/aromatic N) is 1. The Labute approximate surface area is 163 Å². The molecule has 1 saturated heterocycles. The van der Waals surface area contributed by atoms with E-state index < -0.39 is 6.03 Å². The third-order valence-corrected chi connectivity index (χ3v) is 4.52. The first-order chi connectivity index (χ1) is 13.1. The number of urea groups is 1. The maximum absolute atomic E-state index is 12.6. The van der Waals surface area contributed by atoms with Crippen LogP contribution in [-0.4, -0.2) is 46.6 Å². The Balaban J connectivity index is 1.77. The van der Waals surface area contributed by atoms with Crippen molar-refractivity contribution in [1.82, 2.24) is 0 Å². The fourth-order valence-electron chi connectivity index (χ4n) is 2.89. The molecule has 27 heavy (non-hydrogen) atoms. The first-order valence-electron chi connectivity index (χ1n) is 8.53. The monoisotopic (exact) mass is 391 g/mol. The molecule has 1 fully saturated rings. The number of methoxy groups -OCH3 is 2. The first-order valence-corrected chi connectivity index (χ1v) is 8.91. The number of carbonyl (C=O) groups is 1. The number of rotatable bonds is 5. The maximum atomic E-state index is 12.6. The van der Waals surface area contributed by atoms with E-state index >= 15 is 0 Å². The molecule has 7 nitrogen and oxygen atoms in total. The van der Waals surface area contributed by atoms with Gasteiger partial charge in [-0.3, -0.25) is 0 Å². The van der Waals surface area contributed by atoms with E-state index in [4.69, 9.17) is 25.8 Å². The van der Waals surface area contributed by atoms with Gasteiger partial charge in [-0.15, -0.1) is 0 Å². The molecular weight excluding hydrogens is 370 g/mol. The number of carbonyl (C=O) groups excluding carboxylic acids is 1. The standard InChI is InChI=1S/C19H22ClN3O4/c1-25-17-12-15(18(26-2)11-13(17)20)22-19(24)21-14-5-3-4-6-16(14)23-7-9-27-10-8-23/h3-6,11-12H,7-10H2,1-2H3,(H2,21,22,24). The van der Waals surface area contributed by atoms with Crippen LogP contribution in [0.25, 0.3) is 0 Å². The molecule has 0 unspecified atom stereocenters. The second-order valence-electron chi connectivity index (χ2n) is 5.88. The Bertz CT molecular complexity index is 810. The molecule has 2 N–H and O–H groups in total. The second-order valence-corrected chi connectivity index (χ2v) is 6.29. The van der Waals surface area contributed by atoms with Gasteiger partial charge in [-0.2, -0.15) is 0 Å². The summed E-state index contributed by atoms with van der Waals surface area (Å²) < 4.78 is 15.9. The van der Waals surface area contributed by atoms with Crippen LogP contribution >= 0.6 is 11.6 Å². The van der Waals surface area contributed by atoms with Gasteiger partial charge in [-0.25, -0.2) is 4.79 Å².